The van der Waals surface area contributed by atoms with E-state index in [4.69, 9.17) is 0 Å². The Labute approximate surface area is 101 Å². The van der Waals surface area contributed by atoms with Crippen LogP contribution in [-0.4, -0.2) is 24.1 Å². The minimum absolute atomic E-state index is 0.220. The van der Waals surface area contributed by atoms with Gasteiger partial charge in [0.25, 0.3) is 0 Å². The average Bonchev–Trinajstić information content (AvgIpc) is 2.28. The fraction of sp³-hybridized carbons (Fsp3) is 0.400. The van der Waals surface area contributed by atoms with Gasteiger partial charge in [-0.25, -0.2) is 4.21 Å². The highest BCUT2D eigenvalue weighted by molar-refractivity contribution is 7.93. The van der Waals surface area contributed by atoms with Crippen molar-refractivity contribution in [1.82, 2.24) is 0 Å². The summed E-state index contributed by atoms with van der Waals surface area (Å²) in [6.45, 7) is 3.48. The van der Waals surface area contributed by atoms with E-state index in [0.717, 1.165) is 12.1 Å². The molecule has 0 radical (unpaired) electrons. The molecule has 0 saturated heterocycles. The van der Waals surface area contributed by atoms with Crippen LogP contribution in [0.25, 0.3) is 0 Å². The first-order valence-electron chi connectivity index (χ1n) is 5.08. The predicted molar refractivity (Wildman–Crippen MR) is 66.0 cm³/mol. The maximum Gasteiger partial charge on any atom is 0.332 e. The molecule has 0 aromatic heterocycles. The highest BCUT2D eigenvalue weighted by Gasteiger charge is 2.12. The van der Waals surface area contributed by atoms with Gasteiger partial charge in [0.15, 0.2) is 0 Å². The third-order valence-corrected chi connectivity index (χ3v) is 5.44. The molecule has 0 unspecified atom stereocenters. The van der Waals surface area contributed by atoms with Crippen molar-refractivity contribution in [1.29, 1.82) is 0 Å². The van der Waals surface area contributed by atoms with E-state index in [1.54, 1.807) is 13.8 Å². The Bertz CT molecular complexity index is 606. The third kappa shape index (κ3) is 3.78. The molecule has 0 bridgehead atoms. The minimum Gasteiger partial charge on any atom is -0.249 e. The van der Waals surface area contributed by atoms with Crippen LogP contribution in [0.4, 0.5) is 9.57 Å². The topological polar surface area (TPSA) is 63.6 Å². The summed E-state index contributed by atoms with van der Waals surface area (Å²) in [7, 11) is -7.12. The molecular formula is C10H14FNO3S2. The molecule has 0 aliphatic carbocycles. The Morgan fingerprint density at radius 3 is 2.24 bits per heavy atom. The quantitative estimate of drug-likeness (QED) is 0.795. The van der Waals surface area contributed by atoms with Crippen LogP contribution < -0.4 is 0 Å². The maximum absolute atomic E-state index is 12.8. The summed E-state index contributed by atoms with van der Waals surface area (Å²) < 4.78 is 50.2. The third-order valence-electron chi connectivity index (χ3n) is 2.27. The van der Waals surface area contributed by atoms with Gasteiger partial charge in [0.2, 0.25) is 0 Å². The Morgan fingerprint density at radius 2 is 1.76 bits per heavy atom. The lowest BCUT2D eigenvalue weighted by Crippen LogP contribution is -2.04. The molecule has 0 aliphatic heterocycles. The van der Waals surface area contributed by atoms with Crippen molar-refractivity contribution in [2.45, 2.75) is 18.7 Å². The second-order valence-electron chi connectivity index (χ2n) is 3.38. The largest absolute Gasteiger partial charge is 0.332 e. The van der Waals surface area contributed by atoms with Gasteiger partial charge in [-0.2, -0.15) is 12.8 Å². The normalized spacial score (nSPS) is 12.4. The van der Waals surface area contributed by atoms with Crippen LogP contribution in [0.2, 0.25) is 0 Å². The smallest absolute Gasteiger partial charge is 0.249 e. The molecule has 0 N–H and O–H groups in total. The van der Waals surface area contributed by atoms with Crippen molar-refractivity contribution >= 4 is 25.6 Å². The average molecular weight is 279 g/mol. The van der Waals surface area contributed by atoms with Gasteiger partial charge in [-0.1, -0.05) is 19.9 Å². The van der Waals surface area contributed by atoms with Crippen LogP contribution in [-0.2, 0) is 20.0 Å². The van der Waals surface area contributed by atoms with Gasteiger partial charge >= 0.3 is 10.2 Å². The summed E-state index contributed by atoms with van der Waals surface area (Å²) in [5.41, 5.74) is 0.220. The van der Waals surface area contributed by atoms with E-state index in [9.17, 15) is 16.5 Å². The zero-order valence-electron chi connectivity index (χ0n) is 9.59. The highest BCUT2D eigenvalue weighted by atomic mass is 32.3. The molecular weight excluding hydrogens is 265 g/mol. The number of rotatable bonds is 4. The van der Waals surface area contributed by atoms with Crippen molar-refractivity contribution in [3.63, 3.8) is 0 Å². The van der Waals surface area contributed by atoms with E-state index < -0.39 is 24.8 Å². The van der Waals surface area contributed by atoms with Crippen molar-refractivity contribution in [2.24, 2.45) is 4.36 Å². The summed E-state index contributed by atoms with van der Waals surface area (Å²) >= 11 is 0. The van der Waals surface area contributed by atoms with E-state index in [-0.39, 0.29) is 5.69 Å². The van der Waals surface area contributed by atoms with Gasteiger partial charge in [0.05, 0.1) is 15.4 Å². The molecule has 0 amide bonds. The van der Waals surface area contributed by atoms with E-state index in [0.29, 0.717) is 11.5 Å². The molecule has 1 aromatic carbocycles. The molecule has 0 aliphatic rings. The van der Waals surface area contributed by atoms with E-state index in [1.165, 1.54) is 12.1 Å². The number of hydrogen-bond donors (Lipinski definition) is 0. The van der Waals surface area contributed by atoms with Crippen molar-refractivity contribution in [2.75, 3.05) is 11.5 Å². The lowest BCUT2D eigenvalue weighted by Gasteiger charge is -2.04. The lowest BCUT2D eigenvalue weighted by atomic mass is 10.3. The monoisotopic (exact) mass is 279 g/mol. The first-order valence-corrected chi connectivity index (χ1v) is 8.31. The van der Waals surface area contributed by atoms with Crippen LogP contribution in [0, 0.1) is 0 Å². The standard InChI is InChI=1S/C10H14FNO3S2/c1-3-16(13,4-2)12-9-6-5-7-10(8-9)17(11,14)15/h5-8H,3-4H2,1-2H3. The van der Waals surface area contributed by atoms with Crippen molar-refractivity contribution in [3.05, 3.63) is 24.3 Å². The number of benzene rings is 1. The molecule has 1 aromatic rings. The van der Waals surface area contributed by atoms with Crippen LogP contribution in [0.5, 0.6) is 0 Å². The van der Waals surface area contributed by atoms with Gasteiger partial charge < -0.3 is 0 Å². The first kappa shape index (κ1) is 14.1. The molecule has 1 rings (SSSR count). The summed E-state index contributed by atoms with van der Waals surface area (Å²) in [4.78, 5) is -0.465. The Morgan fingerprint density at radius 1 is 1.18 bits per heavy atom. The van der Waals surface area contributed by atoms with Gasteiger partial charge in [0, 0.05) is 11.5 Å². The molecule has 0 spiro atoms. The van der Waals surface area contributed by atoms with Crippen LogP contribution in [0.1, 0.15) is 13.8 Å². The van der Waals surface area contributed by atoms with Gasteiger partial charge in [-0.3, -0.25) is 0 Å². The number of halogens is 1. The molecule has 0 saturated carbocycles. The minimum atomic E-state index is -4.75. The fourth-order valence-electron chi connectivity index (χ4n) is 1.22. The Kier molecular flexibility index (Phi) is 4.26. The van der Waals surface area contributed by atoms with E-state index in [1.807, 2.05) is 0 Å². The molecule has 4 nitrogen and oxygen atoms in total. The zero-order valence-corrected chi connectivity index (χ0v) is 11.2. The van der Waals surface area contributed by atoms with Gasteiger partial charge in [-0.15, -0.1) is 3.89 Å². The van der Waals surface area contributed by atoms with Gasteiger partial charge in [0.1, 0.15) is 4.90 Å². The number of nitrogens with zero attached hydrogens (tertiary/aromatic N) is 1. The van der Waals surface area contributed by atoms with Crippen molar-refractivity contribution in [3.8, 4) is 0 Å². The summed E-state index contributed by atoms with van der Waals surface area (Å²) in [6, 6.07) is 5.09. The summed E-state index contributed by atoms with van der Waals surface area (Å²) in [5, 5.41) is 0. The Balaban J connectivity index is 3.32. The molecule has 7 heteroatoms. The summed E-state index contributed by atoms with van der Waals surface area (Å²) in [6.07, 6.45) is 0. The van der Waals surface area contributed by atoms with Gasteiger partial charge in [-0.05, 0) is 18.2 Å². The first-order chi connectivity index (χ1) is 7.80. The maximum atomic E-state index is 12.8. The molecule has 0 heterocycles. The molecule has 0 atom stereocenters. The van der Waals surface area contributed by atoms with Crippen molar-refractivity contribution < 1.29 is 16.5 Å². The SMILES string of the molecule is CCS(=O)(CC)=Nc1cccc(S(=O)(=O)F)c1. The zero-order chi connectivity index (χ0) is 13.1. The number of hydrogen-bond acceptors (Lipinski definition) is 4. The summed E-state index contributed by atoms with van der Waals surface area (Å²) in [5.74, 6) is 0.742. The second-order valence-corrected chi connectivity index (χ2v) is 7.61. The molecule has 17 heavy (non-hydrogen) atoms. The molecule has 0 fully saturated rings. The van der Waals surface area contributed by atoms with Crippen LogP contribution in [0.15, 0.2) is 33.5 Å². The highest BCUT2D eigenvalue weighted by Crippen LogP contribution is 2.21. The Hall–Kier alpha value is -0.950. The fourth-order valence-corrected chi connectivity index (χ4v) is 2.88. The lowest BCUT2D eigenvalue weighted by molar-refractivity contribution is 0.552. The van der Waals surface area contributed by atoms with Crippen LogP contribution >= 0.6 is 0 Å². The molecule has 96 valence electrons. The van der Waals surface area contributed by atoms with Crippen LogP contribution in [0.3, 0.4) is 0 Å². The second kappa shape index (κ2) is 5.14. The predicted octanol–water partition coefficient (Wildman–Crippen LogP) is 2.48. The van der Waals surface area contributed by atoms with E-state index in [2.05, 4.69) is 4.36 Å². The van der Waals surface area contributed by atoms with E-state index >= 15 is 0 Å².